The maximum absolute atomic E-state index is 14.2. The standard InChI is InChI=1S/C16H15ClF2/c1-3-10-5-6-12(9-14(10)18)13-8-7-11(4-2)15(17)16(13)19/h5-9H,3-4H2,1-2H3. The fourth-order valence-electron chi connectivity index (χ4n) is 2.09. The minimum absolute atomic E-state index is 0.125. The Balaban J connectivity index is 2.53. The van der Waals surface area contributed by atoms with Gasteiger partial charge in [-0.1, -0.05) is 49.7 Å². The average molecular weight is 281 g/mol. The van der Waals surface area contributed by atoms with Gasteiger partial charge in [-0.2, -0.15) is 0 Å². The summed E-state index contributed by atoms with van der Waals surface area (Å²) in [6.45, 7) is 3.79. The highest BCUT2D eigenvalue weighted by molar-refractivity contribution is 6.31. The molecule has 0 bridgehead atoms. The molecule has 0 atom stereocenters. The SMILES string of the molecule is CCc1ccc(-c2ccc(CC)c(Cl)c2F)cc1F. The quantitative estimate of drug-likeness (QED) is 0.705. The van der Waals surface area contributed by atoms with Gasteiger partial charge in [-0.05, 0) is 35.6 Å². The molecule has 2 rings (SSSR count). The summed E-state index contributed by atoms with van der Waals surface area (Å²) in [5.41, 5.74) is 2.23. The third-order valence-electron chi connectivity index (χ3n) is 3.29. The molecule has 100 valence electrons. The lowest BCUT2D eigenvalue weighted by Crippen LogP contribution is -1.93. The van der Waals surface area contributed by atoms with Crippen LogP contribution < -0.4 is 0 Å². The zero-order valence-electron chi connectivity index (χ0n) is 10.9. The van der Waals surface area contributed by atoms with Gasteiger partial charge in [0, 0.05) is 5.56 Å². The van der Waals surface area contributed by atoms with Gasteiger partial charge in [-0.15, -0.1) is 0 Å². The Labute approximate surface area is 117 Å². The summed E-state index contributed by atoms with van der Waals surface area (Å²) in [6, 6.07) is 8.21. The second-order valence-corrected chi connectivity index (χ2v) is 4.79. The van der Waals surface area contributed by atoms with Crippen molar-refractivity contribution in [3.63, 3.8) is 0 Å². The van der Waals surface area contributed by atoms with Gasteiger partial charge < -0.3 is 0 Å². The van der Waals surface area contributed by atoms with Gasteiger partial charge in [0.15, 0.2) is 0 Å². The van der Waals surface area contributed by atoms with Crippen molar-refractivity contribution in [2.45, 2.75) is 26.7 Å². The van der Waals surface area contributed by atoms with Crippen LogP contribution in [0.4, 0.5) is 8.78 Å². The predicted octanol–water partition coefficient (Wildman–Crippen LogP) is 5.41. The zero-order chi connectivity index (χ0) is 14.0. The summed E-state index contributed by atoms with van der Waals surface area (Å²) >= 11 is 5.98. The zero-order valence-corrected chi connectivity index (χ0v) is 11.7. The van der Waals surface area contributed by atoms with Crippen molar-refractivity contribution in [1.29, 1.82) is 0 Å². The Hall–Kier alpha value is -1.41. The van der Waals surface area contributed by atoms with Crippen LogP contribution in [0.1, 0.15) is 25.0 Å². The molecule has 0 saturated heterocycles. The van der Waals surface area contributed by atoms with Gasteiger partial charge in [0.1, 0.15) is 11.6 Å². The fraction of sp³-hybridized carbons (Fsp3) is 0.250. The molecule has 0 aliphatic rings. The summed E-state index contributed by atoms with van der Waals surface area (Å²) in [4.78, 5) is 0. The molecule has 0 amide bonds. The van der Waals surface area contributed by atoms with Gasteiger partial charge in [0.25, 0.3) is 0 Å². The highest BCUT2D eigenvalue weighted by Gasteiger charge is 2.13. The fourth-order valence-corrected chi connectivity index (χ4v) is 2.39. The van der Waals surface area contributed by atoms with Crippen LogP contribution in [0.15, 0.2) is 30.3 Å². The summed E-state index contributed by atoms with van der Waals surface area (Å²) in [7, 11) is 0. The Morgan fingerprint density at radius 2 is 1.58 bits per heavy atom. The second kappa shape index (κ2) is 5.70. The number of hydrogen-bond acceptors (Lipinski definition) is 0. The molecular weight excluding hydrogens is 266 g/mol. The lowest BCUT2D eigenvalue weighted by atomic mass is 10.00. The molecule has 0 aliphatic carbocycles. The first-order chi connectivity index (χ1) is 9.08. The van der Waals surface area contributed by atoms with Gasteiger partial charge in [-0.3, -0.25) is 0 Å². The Morgan fingerprint density at radius 3 is 2.16 bits per heavy atom. The van der Waals surface area contributed by atoms with Crippen molar-refractivity contribution in [2.75, 3.05) is 0 Å². The third kappa shape index (κ3) is 2.64. The largest absolute Gasteiger partial charge is 0.207 e. The maximum Gasteiger partial charge on any atom is 0.149 e. The molecule has 0 saturated carbocycles. The molecule has 0 radical (unpaired) electrons. The van der Waals surface area contributed by atoms with Crippen LogP contribution in [0.3, 0.4) is 0 Å². The van der Waals surface area contributed by atoms with E-state index in [1.165, 1.54) is 6.07 Å². The third-order valence-corrected chi connectivity index (χ3v) is 3.70. The van der Waals surface area contributed by atoms with Crippen LogP contribution in [0.2, 0.25) is 5.02 Å². The van der Waals surface area contributed by atoms with E-state index in [1.54, 1.807) is 24.3 Å². The predicted molar refractivity (Wildman–Crippen MR) is 75.6 cm³/mol. The van der Waals surface area contributed by atoms with Gasteiger partial charge >= 0.3 is 0 Å². The molecular formula is C16H15ClF2. The molecule has 0 heterocycles. The molecule has 0 aliphatic heterocycles. The summed E-state index contributed by atoms with van der Waals surface area (Å²) in [6.07, 6.45) is 1.28. The van der Waals surface area contributed by atoms with Crippen molar-refractivity contribution < 1.29 is 8.78 Å². The van der Waals surface area contributed by atoms with Crippen molar-refractivity contribution in [3.05, 3.63) is 58.1 Å². The Bertz CT molecular complexity index is 606. The van der Waals surface area contributed by atoms with E-state index < -0.39 is 5.82 Å². The Kier molecular flexibility index (Phi) is 4.20. The number of halogens is 3. The van der Waals surface area contributed by atoms with Gasteiger partial charge in [-0.25, -0.2) is 8.78 Å². The highest BCUT2D eigenvalue weighted by Crippen LogP contribution is 2.31. The molecule has 0 fully saturated rings. The molecule has 3 heteroatoms. The van der Waals surface area contributed by atoms with Crippen LogP contribution in [0.5, 0.6) is 0 Å². The number of rotatable bonds is 3. The van der Waals surface area contributed by atoms with E-state index in [2.05, 4.69) is 0 Å². The monoisotopic (exact) mass is 280 g/mol. The van der Waals surface area contributed by atoms with Crippen LogP contribution in [0, 0.1) is 11.6 Å². The molecule has 0 N–H and O–H groups in total. The normalized spacial score (nSPS) is 10.8. The number of hydrogen-bond donors (Lipinski definition) is 0. The van der Waals surface area contributed by atoms with Crippen LogP contribution >= 0.6 is 11.6 Å². The van der Waals surface area contributed by atoms with E-state index >= 15 is 0 Å². The summed E-state index contributed by atoms with van der Waals surface area (Å²) in [5.74, 6) is -0.792. The summed E-state index contributed by atoms with van der Waals surface area (Å²) in [5, 5.41) is 0.125. The van der Waals surface area contributed by atoms with Crippen LogP contribution in [-0.4, -0.2) is 0 Å². The minimum Gasteiger partial charge on any atom is -0.207 e. The van der Waals surface area contributed by atoms with E-state index in [4.69, 9.17) is 11.6 Å². The molecule has 2 aromatic carbocycles. The minimum atomic E-state index is -0.482. The number of aryl methyl sites for hydroxylation is 2. The molecule has 0 spiro atoms. The second-order valence-electron chi connectivity index (χ2n) is 4.41. The average Bonchev–Trinajstić information content (AvgIpc) is 2.41. The van der Waals surface area contributed by atoms with Crippen LogP contribution in [-0.2, 0) is 12.8 Å². The first kappa shape index (κ1) is 14.0. The lowest BCUT2D eigenvalue weighted by Gasteiger charge is -2.09. The van der Waals surface area contributed by atoms with E-state index in [1.807, 2.05) is 13.8 Å². The topological polar surface area (TPSA) is 0 Å². The first-order valence-electron chi connectivity index (χ1n) is 6.34. The van der Waals surface area contributed by atoms with E-state index in [0.717, 1.165) is 5.56 Å². The van der Waals surface area contributed by atoms with Gasteiger partial charge in [0.05, 0.1) is 5.02 Å². The first-order valence-corrected chi connectivity index (χ1v) is 6.71. The highest BCUT2D eigenvalue weighted by atomic mass is 35.5. The molecule has 2 aromatic rings. The number of benzene rings is 2. The maximum atomic E-state index is 14.2. The Morgan fingerprint density at radius 1 is 0.947 bits per heavy atom. The summed E-state index contributed by atoms with van der Waals surface area (Å²) < 4.78 is 28.0. The smallest absolute Gasteiger partial charge is 0.149 e. The molecule has 0 nitrogen and oxygen atoms in total. The van der Waals surface area contributed by atoms with E-state index in [9.17, 15) is 8.78 Å². The van der Waals surface area contributed by atoms with E-state index in [0.29, 0.717) is 29.5 Å². The van der Waals surface area contributed by atoms with Crippen molar-refractivity contribution in [2.24, 2.45) is 0 Å². The molecule has 0 unspecified atom stereocenters. The van der Waals surface area contributed by atoms with Crippen molar-refractivity contribution >= 4 is 11.6 Å². The van der Waals surface area contributed by atoms with E-state index in [-0.39, 0.29) is 10.8 Å². The molecule has 19 heavy (non-hydrogen) atoms. The van der Waals surface area contributed by atoms with Gasteiger partial charge in [0.2, 0.25) is 0 Å². The van der Waals surface area contributed by atoms with Crippen molar-refractivity contribution in [3.8, 4) is 11.1 Å². The lowest BCUT2D eigenvalue weighted by molar-refractivity contribution is 0.611. The van der Waals surface area contributed by atoms with Crippen molar-refractivity contribution in [1.82, 2.24) is 0 Å². The molecule has 0 aromatic heterocycles. The van der Waals surface area contributed by atoms with Crippen LogP contribution in [0.25, 0.3) is 11.1 Å².